The number of alkyl carbamates (subject to hydrolysis) is 1. The molecule has 1 aromatic carbocycles. The van der Waals surface area contributed by atoms with Crippen molar-refractivity contribution in [1.29, 1.82) is 0 Å². The second-order valence-electron chi connectivity index (χ2n) is 6.36. The summed E-state index contributed by atoms with van der Waals surface area (Å²) in [5.74, 6) is 0. The van der Waals surface area contributed by atoms with Crippen LogP contribution in [-0.4, -0.2) is 12.6 Å². The van der Waals surface area contributed by atoms with Crippen LogP contribution in [-0.2, 0) is 11.3 Å². The van der Waals surface area contributed by atoms with Crippen molar-refractivity contribution in [3.8, 4) is 0 Å². The van der Waals surface area contributed by atoms with E-state index >= 15 is 0 Å². The monoisotopic (exact) mass is 277 g/mol. The third-order valence-corrected chi connectivity index (χ3v) is 3.09. The molecular formula is C17H27NO2. The first-order valence-electron chi connectivity index (χ1n) is 7.42. The fourth-order valence-corrected chi connectivity index (χ4v) is 1.92. The summed E-state index contributed by atoms with van der Waals surface area (Å²) in [6, 6.07) is 9.71. The number of rotatable bonds is 7. The van der Waals surface area contributed by atoms with E-state index in [0.717, 1.165) is 18.4 Å². The summed E-state index contributed by atoms with van der Waals surface area (Å²) in [6.45, 7) is 7.79. The predicted molar refractivity (Wildman–Crippen MR) is 82.6 cm³/mol. The Balaban J connectivity index is 2.01. The number of hydrogen-bond donors (Lipinski definition) is 1. The van der Waals surface area contributed by atoms with Crippen molar-refractivity contribution in [3.05, 3.63) is 35.9 Å². The molecule has 1 rings (SSSR count). The van der Waals surface area contributed by atoms with Gasteiger partial charge in [-0.15, -0.1) is 0 Å². The maximum Gasteiger partial charge on any atom is 0.407 e. The lowest BCUT2D eigenvalue weighted by atomic mass is 9.89. The summed E-state index contributed by atoms with van der Waals surface area (Å²) in [6.07, 6.45) is 4.27. The highest BCUT2D eigenvalue weighted by Crippen LogP contribution is 2.21. The molecule has 0 unspecified atom stereocenters. The van der Waals surface area contributed by atoms with Crippen LogP contribution >= 0.6 is 0 Å². The Morgan fingerprint density at radius 1 is 1.10 bits per heavy atom. The molecule has 112 valence electrons. The normalized spacial score (nSPS) is 11.2. The molecule has 0 aliphatic carbocycles. The van der Waals surface area contributed by atoms with Crippen LogP contribution < -0.4 is 5.32 Å². The van der Waals surface area contributed by atoms with E-state index in [9.17, 15) is 4.79 Å². The summed E-state index contributed by atoms with van der Waals surface area (Å²) in [4.78, 5) is 11.5. The van der Waals surface area contributed by atoms with Gasteiger partial charge in [0.05, 0.1) is 0 Å². The molecule has 0 atom stereocenters. The van der Waals surface area contributed by atoms with Gasteiger partial charge in [-0.3, -0.25) is 0 Å². The Labute approximate surface area is 122 Å². The molecule has 0 heterocycles. The van der Waals surface area contributed by atoms with Gasteiger partial charge in [-0.05, 0) is 23.8 Å². The maximum atomic E-state index is 11.5. The number of benzene rings is 1. The van der Waals surface area contributed by atoms with Crippen molar-refractivity contribution in [1.82, 2.24) is 5.32 Å². The first kappa shape index (κ1) is 16.5. The molecule has 0 saturated heterocycles. The van der Waals surface area contributed by atoms with Gasteiger partial charge in [0.1, 0.15) is 6.61 Å². The molecule has 0 fully saturated rings. The molecule has 3 nitrogen and oxygen atoms in total. The number of unbranched alkanes of at least 4 members (excludes halogenated alkanes) is 2. The molecule has 0 saturated carbocycles. The van der Waals surface area contributed by atoms with Crippen LogP contribution in [0, 0.1) is 5.41 Å². The summed E-state index contributed by atoms with van der Waals surface area (Å²) in [5.41, 5.74) is 1.41. The van der Waals surface area contributed by atoms with Crippen molar-refractivity contribution < 1.29 is 9.53 Å². The molecule has 1 amide bonds. The molecule has 3 heteroatoms. The second-order valence-corrected chi connectivity index (χ2v) is 6.36. The topological polar surface area (TPSA) is 38.3 Å². The average molecular weight is 277 g/mol. The van der Waals surface area contributed by atoms with Gasteiger partial charge in [0.2, 0.25) is 0 Å². The Hall–Kier alpha value is -1.51. The van der Waals surface area contributed by atoms with Crippen LogP contribution in [0.2, 0.25) is 0 Å². The summed E-state index contributed by atoms with van der Waals surface area (Å²) in [7, 11) is 0. The number of ether oxygens (including phenoxy) is 1. The molecule has 0 radical (unpaired) electrons. The maximum absolute atomic E-state index is 11.5. The van der Waals surface area contributed by atoms with Gasteiger partial charge in [0.25, 0.3) is 0 Å². The van der Waals surface area contributed by atoms with Crippen molar-refractivity contribution >= 4 is 6.09 Å². The molecule has 0 bridgehead atoms. The Morgan fingerprint density at radius 2 is 1.80 bits per heavy atom. The van der Waals surface area contributed by atoms with E-state index in [-0.39, 0.29) is 6.09 Å². The SMILES string of the molecule is CC(C)(C)CCCCCNC(=O)OCc1ccccc1. The predicted octanol–water partition coefficient (Wildman–Crippen LogP) is 4.52. The number of hydrogen-bond acceptors (Lipinski definition) is 2. The number of carbonyl (C=O) groups excluding carboxylic acids is 1. The molecule has 1 aromatic rings. The fourth-order valence-electron chi connectivity index (χ4n) is 1.92. The molecule has 0 aliphatic rings. The van der Waals surface area contributed by atoms with Crippen LogP contribution in [0.4, 0.5) is 4.79 Å². The highest BCUT2D eigenvalue weighted by atomic mass is 16.5. The minimum absolute atomic E-state index is 0.329. The minimum atomic E-state index is -0.329. The van der Waals surface area contributed by atoms with E-state index in [1.54, 1.807) is 0 Å². The van der Waals surface area contributed by atoms with E-state index in [1.165, 1.54) is 12.8 Å². The van der Waals surface area contributed by atoms with Gasteiger partial charge in [-0.2, -0.15) is 0 Å². The quantitative estimate of drug-likeness (QED) is 0.744. The summed E-state index contributed by atoms with van der Waals surface area (Å²) in [5, 5.41) is 2.79. The third kappa shape index (κ3) is 8.57. The van der Waals surface area contributed by atoms with Crippen LogP contribution in [0.1, 0.15) is 52.0 Å². The number of nitrogens with one attached hydrogen (secondary N) is 1. The van der Waals surface area contributed by atoms with Gasteiger partial charge in [0.15, 0.2) is 0 Å². The lowest BCUT2D eigenvalue weighted by molar-refractivity contribution is 0.139. The van der Waals surface area contributed by atoms with Gasteiger partial charge in [-0.1, -0.05) is 63.9 Å². The largest absolute Gasteiger partial charge is 0.445 e. The Morgan fingerprint density at radius 3 is 2.45 bits per heavy atom. The Kier molecular flexibility index (Phi) is 7.13. The smallest absolute Gasteiger partial charge is 0.407 e. The highest BCUT2D eigenvalue weighted by molar-refractivity contribution is 5.67. The van der Waals surface area contributed by atoms with Gasteiger partial charge in [0, 0.05) is 6.54 Å². The van der Waals surface area contributed by atoms with Crippen LogP contribution in [0.5, 0.6) is 0 Å². The van der Waals surface area contributed by atoms with E-state index in [2.05, 4.69) is 26.1 Å². The van der Waals surface area contributed by atoms with Crippen molar-refractivity contribution in [3.63, 3.8) is 0 Å². The standard InChI is InChI=1S/C17H27NO2/c1-17(2,3)12-8-5-9-13-18-16(19)20-14-15-10-6-4-7-11-15/h4,6-7,10-11H,5,8-9,12-14H2,1-3H3,(H,18,19). The first-order valence-corrected chi connectivity index (χ1v) is 7.42. The zero-order valence-electron chi connectivity index (χ0n) is 12.9. The van der Waals surface area contributed by atoms with Gasteiger partial charge in [-0.25, -0.2) is 4.79 Å². The van der Waals surface area contributed by atoms with E-state index in [0.29, 0.717) is 18.6 Å². The zero-order valence-corrected chi connectivity index (χ0v) is 12.9. The van der Waals surface area contributed by atoms with Crippen LogP contribution in [0.25, 0.3) is 0 Å². The summed E-state index contributed by atoms with van der Waals surface area (Å²) >= 11 is 0. The highest BCUT2D eigenvalue weighted by Gasteiger charge is 2.08. The molecule has 0 aliphatic heterocycles. The van der Waals surface area contributed by atoms with Crippen LogP contribution in [0.3, 0.4) is 0 Å². The van der Waals surface area contributed by atoms with Crippen molar-refractivity contribution in [2.45, 2.75) is 53.1 Å². The van der Waals surface area contributed by atoms with Crippen LogP contribution in [0.15, 0.2) is 30.3 Å². The zero-order chi connectivity index (χ0) is 14.8. The molecule has 20 heavy (non-hydrogen) atoms. The lowest BCUT2D eigenvalue weighted by Crippen LogP contribution is -2.25. The van der Waals surface area contributed by atoms with Gasteiger partial charge < -0.3 is 10.1 Å². The van der Waals surface area contributed by atoms with E-state index < -0.39 is 0 Å². The second kappa shape index (κ2) is 8.62. The molecule has 0 spiro atoms. The fraction of sp³-hybridized carbons (Fsp3) is 0.588. The molecule has 1 N–H and O–H groups in total. The van der Waals surface area contributed by atoms with Crippen molar-refractivity contribution in [2.24, 2.45) is 5.41 Å². The number of carbonyl (C=O) groups is 1. The molecular weight excluding hydrogens is 250 g/mol. The van der Waals surface area contributed by atoms with Gasteiger partial charge >= 0.3 is 6.09 Å². The van der Waals surface area contributed by atoms with Crippen molar-refractivity contribution in [2.75, 3.05) is 6.54 Å². The summed E-state index contributed by atoms with van der Waals surface area (Å²) < 4.78 is 5.14. The molecule has 0 aromatic heterocycles. The first-order chi connectivity index (χ1) is 9.47. The number of amides is 1. The minimum Gasteiger partial charge on any atom is -0.445 e. The lowest BCUT2D eigenvalue weighted by Gasteiger charge is -2.17. The average Bonchev–Trinajstić information content (AvgIpc) is 2.40. The Bertz CT molecular complexity index is 382. The third-order valence-electron chi connectivity index (χ3n) is 3.09. The van der Waals surface area contributed by atoms with E-state index in [4.69, 9.17) is 4.74 Å². The van der Waals surface area contributed by atoms with E-state index in [1.807, 2.05) is 30.3 Å².